The minimum Gasteiger partial charge on any atom is -0.456 e. The van der Waals surface area contributed by atoms with Gasteiger partial charge >= 0.3 is 0 Å². The molecule has 0 fully saturated rings. The first-order chi connectivity index (χ1) is 24.8. The second-order valence-electron chi connectivity index (χ2n) is 12.6. The summed E-state index contributed by atoms with van der Waals surface area (Å²) in [7, 11) is 0. The summed E-state index contributed by atoms with van der Waals surface area (Å²) in [6, 6.07) is 61.3. The van der Waals surface area contributed by atoms with Crippen LogP contribution < -0.4 is 0 Å². The lowest BCUT2D eigenvalue weighted by molar-refractivity contribution is 0.668. The van der Waals surface area contributed by atoms with Gasteiger partial charge in [0.15, 0.2) is 5.82 Å². The average molecular weight is 640 g/mol. The molecule has 4 nitrogen and oxygen atoms in total. The zero-order valence-corrected chi connectivity index (χ0v) is 27.0. The predicted octanol–water partition coefficient (Wildman–Crippen LogP) is 12.1. The Kier molecular flexibility index (Phi) is 6.46. The van der Waals surface area contributed by atoms with E-state index in [1.807, 2.05) is 24.3 Å². The Morgan fingerprint density at radius 2 is 0.960 bits per heavy atom. The summed E-state index contributed by atoms with van der Waals surface area (Å²) in [6.07, 6.45) is 0. The number of hydrogen-bond acceptors (Lipinski definition) is 3. The van der Waals surface area contributed by atoms with Crippen LogP contribution in [0.5, 0.6) is 0 Å². The largest absolute Gasteiger partial charge is 0.456 e. The second-order valence-corrected chi connectivity index (χ2v) is 12.6. The summed E-state index contributed by atoms with van der Waals surface area (Å²) in [5.74, 6) is 0.691. The molecule has 0 atom stereocenters. The molecule has 0 amide bonds. The van der Waals surface area contributed by atoms with Crippen molar-refractivity contribution in [3.8, 4) is 50.7 Å². The van der Waals surface area contributed by atoms with Gasteiger partial charge in [-0.1, -0.05) is 115 Å². The molecule has 50 heavy (non-hydrogen) atoms. The molecule has 10 aromatic rings. The summed E-state index contributed by atoms with van der Waals surface area (Å²) in [6.45, 7) is 0. The van der Waals surface area contributed by atoms with Crippen LogP contribution in [0.15, 0.2) is 180 Å². The van der Waals surface area contributed by atoms with Gasteiger partial charge in [0, 0.05) is 50.0 Å². The highest BCUT2D eigenvalue weighted by Crippen LogP contribution is 2.37. The number of para-hydroxylation sites is 2. The third kappa shape index (κ3) is 4.69. The molecule has 0 aliphatic heterocycles. The standard InChI is InChI=1S/C46H29N3O/c1-3-12-30(13-4-1)32-16-11-17-33(26-32)40-29-41(48-46(47-40)31-14-5-2-6-15-31)34-22-25-44-39(27-34)38-24-23-35(28-45(38)50-44)49-42-20-9-7-18-36(42)37-19-8-10-21-43(37)49/h1-29H. The van der Waals surface area contributed by atoms with Crippen molar-refractivity contribution in [2.24, 2.45) is 0 Å². The lowest BCUT2D eigenvalue weighted by atomic mass is 10.00. The van der Waals surface area contributed by atoms with Gasteiger partial charge in [-0.15, -0.1) is 0 Å². The van der Waals surface area contributed by atoms with E-state index in [9.17, 15) is 0 Å². The van der Waals surface area contributed by atoms with Crippen LogP contribution in [-0.4, -0.2) is 14.5 Å². The Balaban J connectivity index is 1.11. The minimum atomic E-state index is 0.691. The maximum atomic E-state index is 6.50. The van der Waals surface area contributed by atoms with Crippen molar-refractivity contribution in [1.82, 2.24) is 14.5 Å². The molecule has 4 heteroatoms. The Bertz CT molecular complexity index is 2810. The molecule has 0 unspecified atom stereocenters. The molecular formula is C46H29N3O. The minimum absolute atomic E-state index is 0.691. The van der Waals surface area contributed by atoms with Crippen molar-refractivity contribution in [3.63, 3.8) is 0 Å². The van der Waals surface area contributed by atoms with E-state index in [1.54, 1.807) is 0 Å². The van der Waals surface area contributed by atoms with Crippen molar-refractivity contribution in [2.45, 2.75) is 0 Å². The van der Waals surface area contributed by atoms with E-state index in [1.165, 1.54) is 27.4 Å². The molecule has 10 rings (SSSR count). The van der Waals surface area contributed by atoms with E-state index in [0.717, 1.165) is 61.3 Å². The van der Waals surface area contributed by atoms with Crippen molar-refractivity contribution in [1.29, 1.82) is 0 Å². The fraction of sp³-hybridized carbons (Fsp3) is 0. The first kappa shape index (κ1) is 28.3. The van der Waals surface area contributed by atoms with E-state index in [-0.39, 0.29) is 0 Å². The highest BCUT2D eigenvalue weighted by atomic mass is 16.3. The topological polar surface area (TPSA) is 43.9 Å². The molecular weight excluding hydrogens is 611 g/mol. The van der Waals surface area contributed by atoms with Crippen molar-refractivity contribution < 1.29 is 4.42 Å². The molecule has 0 spiro atoms. The molecule has 0 saturated carbocycles. The number of benzene rings is 7. The van der Waals surface area contributed by atoms with Gasteiger partial charge in [-0.05, 0) is 65.7 Å². The highest BCUT2D eigenvalue weighted by Gasteiger charge is 2.16. The van der Waals surface area contributed by atoms with Gasteiger partial charge in [0.2, 0.25) is 0 Å². The maximum Gasteiger partial charge on any atom is 0.160 e. The van der Waals surface area contributed by atoms with Gasteiger partial charge in [0.1, 0.15) is 11.2 Å². The molecule has 3 aromatic heterocycles. The third-order valence-electron chi connectivity index (χ3n) is 9.61. The summed E-state index contributed by atoms with van der Waals surface area (Å²) in [5.41, 5.74) is 12.2. The van der Waals surface area contributed by atoms with E-state index in [0.29, 0.717) is 5.82 Å². The first-order valence-electron chi connectivity index (χ1n) is 16.8. The van der Waals surface area contributed by atoms with Crippen LogP contribution in [0.2, 0.25) is 0 Å². The van der Waals surface area contributed by atoms with Gasteiger partial charge in [-0.25, -0.2) is 9.97 Å². The molecule has 0 aliphatic carbocycles. The van der Waals surface area contributed by atoms with E-state index >= 15 is 0 Å². The van der Waals surface area contributed by atoms with Crippen LogP contribution in [0.25, 0.3) is 94.5 Å². The number of hydrogen-bond donors (Lipinski definition) is 0. The molecule has 0 radical (unpaired) electrons. The number of nitrogens with zero attached hydrogens (tertiary/aromatic N) is 3. The SMILES string of the molecule is c1ccc(-c2cccc(-c3cc(-c4ccc5oc6cc(-n7c8ccccc8c8ccccc87)ccc6c5c4)nc(-c4ccccc4)n3)c2)cc1. The van der Waals surface area contributed by atoms with Gasteiger partial charge < -0.3 is 8.98 Å². The molecule has 0 N–H and O–H groups in total. The lowest BCUT2D eigenvalue weighted by Gasteiger charge is -2.11. The quantitative estimate of drug-likeness (QED) is 0.188. The monoisotopic (exact) mass is 639 g/mol. The molecule has 7 aromatic carbocycles. The number of fused-ring (bicyclic) bond motifs is 6. The maximum absolute atomic E-state index is 6.50. The third-order valence-corrected chi connectivity index (χ3v) is 9.61. The second kappa shape index (κ2) is 11.4. The number of aromatic nitrogens is 3. The summed E-state index contributed by atoms with van der Waals surface area (Å²) < 4.78 is 8.82. The van der Waals surface area contributed by atoms with Crippen LogP contribution in [0.3, 0.4) is 0 Å². The molecule has 234 valence electrons. The first-order valence-corrected chi connectivity index (χ1v) is 16.8. The summed E-state index contributed by atoms with van der Waals surface area (Å²) in [4.78, 5) is 10.2. The van der Waals surface area contributed by atoms with E-state index in [2.05, 4.69) is 156 Å². The van der Waals surface area contributed by atoms with Gasteiger partial charge in [0.05, 0.1) is 22.4 Å². The Hall–Kier alpha value is -6.78. The van der Waals surface area contributed by atoms with Crippen LogP contribution in [-0.2, 0) is 0 Å². The Morgan fingerprint density at radius 3 is 1.68 bits per heavy atom. The molecule has 0 aliphatic rings. The summed E-state index contributed by atoms with van der Waals surface area (Å²) >= 11 is 0. The van der Waals surface area contributed by atoms with Crippen molar-refractivity contribution in [2.75, 3.05) is 0 Å². The fourth-order valence-corrected chi connectivity index (χ4v) is 7.21. The van der Waals surface area contributed by atoms with Crippen LogP contribution >= 0.6 is 0 Å². The van der Waals surface area contributed by atoms with Crippen LogP contribution in [0.1, 0.15) is 0 Å². The van der Waals surface area contributed by atoms with E-state index < -0.39 is 0 Å². The summed E-state index contributed by atoms with van der Waals surface area (Å²) in [5, 5.41) is 4.60. The van der Waals surface area contributed by atoms with Crippen molar-refractivity contribution >= 4 is 43.7 Å². The Morgan fingerprint density at radius 1 is 0.360 bits per heavy atom. The van der Waals surface area contributed by atoms with Crippen LogP contribution in [0.4, 0.5) is 0 Å². The molecule has 0 bridgehead atoms. The average Bonchev–Trinajstić information content (AvgIpc) is 3.73. The molecule has 0 saturated heterocycles. The lowest BCUT2D eigenvalue weighted by Crippen LogP contribution is -1.96. The van der Waals surface area contributed by atoms with Gasteiger partial charge in [0.25, 0.3) is 0 Å². The number of furan rings is 1. The fourth-order valence-electron chi connectivity index (χ4n) is 7.21. The zero-order chi connectivity index (χ0) is 33.0. The van der Waals surface area contributed by atoms with E-state index in [4.69, 9.17) is 14.4 Å². The predicted molar refractivity (Wildman–Crippen MR) is 205 cm³/mol. The van der Waals surface area contributed by atoms with Gasteiger partial charge in [-0.2, -0.15) is 0 Å². The normalized spacial score (nSPS) is 11.6. The highest BCUT2D eigenvalue weighted by molar-refractivity contribution is 6.10. The Labute approximate surface area is 288 Å². The zero-order valence-electron chi connectivity index (χ0n) is 27.0. The smallest absolute Gasteiger partial charge is 0.160 e. The number of rotatable bonds is 5. The van der Waals surface area contributed by atoms with Crippen LogP contribution in [0, 0.1) is 0 Å². The van der Waals surface area contributed by atoms with Gasteiger partial charge in [-0.3, -0.25) is 0 Å². The molecule has 3 heterocycles. The van der Waals surface area contributed by atoms with Crippen molar-refractivity contribution in [3.05, 3.63) is 176 Å².